The zero-order valence-corrected chi connectivity index (χ0v) is 14.0. The Labute approximate surface area is 147 Å². The van der Waals surface area contributed by atoms with Crippen molar-refractivity contribution in [1.82, 2.24) is 0 Å². The molecular formula is C21H19NO3. The number of rotatable bonds is 6. The Balaban J connectivity index is 2.36. The fraction of sp³-hybridized carbons (Fsp3) is 0.190. The summed E-state index contributed by atoms with van der Waals surface area (Å²) in [5.74, 6) is 3.80. The number of benzene rings is 2. The summed E-state index contributed by atoms with van der Waals surface area (Å²) in [6.45, 7) is 5.24. The number of carbonyl (C=O) groups excluding carboxylic acids is 1. The average molecular weight is 333 g/mol. The molecule has 0 radical (unpaired) electrons. The van der Waals surface area contributed by atoms with E-state index in [-0.39, 0.29) is 12.3 Å². The van der Waals surface area contributed by atoms with E-state index in [1.807, 2.05) is 36.4 Å². The molecule has 0 aliphatic heterocycles. The molecule has 0 spiro atoms. The van der Waals surface area contributed by atoms with Crippen LogP contribution in [0.15, 0.2) is 72.8 Å². The largest absolute Gasteiger partial charge is 0.284 e. The minimum Gasteiger partial charge on any atom is -0.284 e. The lowest BCUT2D eigenvalue weighted by Crippen LogP contribution is -2.27. The van der Waals surface area contributed by atoms with E-state index in [0.717, 1.165) is 11.1 Å². The number of allylic oxidation sites excluding steroid dienone is 1. The van der Waals surface area contributed by atoms with Crippen molar-refractivity contribution in [2.45, 2.75) is 12.8 Å². The normalized spacial score (nSPS) is 12.4. The number of nitrogens with zero attached hydrogens (tertiary/aromatic N) is 1. The molecule has 0 aliphatic rings. The molecular weight excluding hydrogens is 314 g/mol. The summed E-state index contributed by atoms with van der Waals surface area (Å²) in [4.78, 5) is 23.4. The number of ketones is 1. The molecule has 0 aliphatic carbocycles. The Morgan fingerprint density at radius 2 is 1.68 bits per heavy atom. The maximum atomic E-state index is 12.7. The van der Waals surface area contributed by atoms with Gasteiger partial charge in [-0.05, 0) is 30.5 Å². The molecule has 25 heavy (non-hydrogen) atoms. The predicted molar refractivity (Wildman–Crippen MR) is 97.7 cm³/mol. The Kier molecular flexibility index (Phi) is 6.25. The Morgan fingerprint density at radius 1 is 1.12 bits per heavy atom. The molecule has 0 saturated heterocycles. The van der Waals surface area contributed by atoms with E-state index in [0.29, 0.717) is 5.57 Å². The summed E-state index contributed by atoms with van der Waals surface area (Å²) in [6.07, 6.45) is 0. The molecule has 4 nitrogen and oxygen atoms in total. The quantitative estimate of drug-likeness (QED) is 0.349. The highest BCUT2D eigenvalue weighted by molar-refractivity contribution is 6.00. The average Bonchev–Trinajstić information content (AvgIpc) is 2.60. The summed E-state index contributed by atoms with van der Waals surface area (Å²) < 4.78 is 0. The lowest BCUT2D eigenvalue weighted by Gasteiger charge is -2.22. The second kappa shape index (κ2) is 8.60. The highest BCUT2D eigenvalue weighted by Crippen LogP contribution is 2.30. The predicted octanol–water partition coefficient (Wildman–Crippen LogP) is 3.86. The number of hydrogen-bond donors (Lipinski definition) is 0. The zero-order chi connectivity index (χ0) is 18.2. The molecule has 2 rings (SSSR count). The maximum absolute atomic E-state index is 12.7. The lowest BCUT2D eigenvalue weighted by atomic mass is 9.79. The number of Topliss-reactive ketones (excluding diaryl/α,β-unsaturated/α-hetero) is 1. The van der Waals surface area contributed by atoms with Crippen LogP contribution in [0.1, 0.15) is 24.0 Å². The van der Waals surface area contributed by atoms with Gasteiger partial charge < -0.3 is 0 Å². The maximum Gasteiger partial charge on any atom is 0.213 e. The van der Waals surface area contributed by atoms with Gasteiger partial charge in [0, 0.05) is 10.5 Å². The standard InChI is InChI=1S/C21H19NO3/c1-16(2)21(20(23)14-13-17-9-5-3-6-10-17)19(15-22(24)25)18-11-7-4-8-12-18/h3-12,19,21H,1,15H2,2H3/t19-,21+/m1/s1. The van der Waals surface area contributed by atoms with Crippen LogP contribution < -0.4 is 0 Å². The molecule has 0 amide bonds. The van der Waals surface area contributed by atoms with E-state index in [4.69, 9.17) is 0 Å². The Hall–Kier alpha value is -3.19. The van der Waals surface area contributed by atoms with Crippen molar-refractivity contribution in [3.63, 3.8) is 0 Å². The van der Waals surface area contributed by atoms with Crippen LogP contribution in [0, 0.1) is 27.9 Å². The third-order valence-electron chi connectivity index (χ3n) is 3.89. The van der Waals surface area contributed by atoms with E-state index in [2.05, 4.69) is 18.4 Å². The monoisotopic (exact) mass is 333 g/mol. The second-order valence-corrected chi connectivity index (χ2v) is 5.84. The van der Waals surface area contributed by atoms with Gasteiger partial charge >= 0.3 is 0 Å². The first-order valence-corrected chi connectivity index (χ1v) is 7.92. The van der Waals surface area contributed by atoms with Gasteiger partial charge in [-0.1, -0.05) is 66.6 Å². The summed E-state index contributed by atoms with van der Waals surface area (Å²) in [6, 6.07) is 18.2. The van der Waals surface area contributed by atoms with E-state index in [9.17, 15) is 14.9 Å². The summed E-state index contributed by atoms with van der Waals surface area (Å²) in [5, 5.41) is 11.1. The van der Waals surface area contributed by atoms with Crippen molar-refractivity contribution in [1.29, 1.82) is 0 Å². The fourth-order valence-electron chi connectivity index (χ4n) is 2.75. The van der Waals surface area contributed by atoms with Crippen molar-refractivity contribution in [2.24, 2.45) is 5.92 Å². The van der Waals surface area contributed by atoms with Crippen LogP contribution in [0.4, 0.5) is 0 Å². The summed E-state index contributed by atoms with van der Waals surface area (Å²) in [5.41, 5.74) is 2.03. The van der Waals surface area contributed by atoms with Gasteiger partial charge in [0.1, 0.15) is 0 Å². The molecule has 2 atom stereocenters. The van der Waals surface area contributed by atoms with E-state index >= 15 is 0 Å². The first-order valence-electron chi connectivity index (χ1n) is 7.92. The van der Waals surface area contributed by atoms with Crippen LogP contribution in [-0.4, -0.2) is 17.3 Å². The highest BCUT2D eigenvalue weighted by atomic mass is 16.6. The minimum absolute atomic E-state index is 0.347. The van der Waals surface area contributed by atoms with Crippen molar-refractivity contribution in [3.05, 3.63) is 94.1 Å². The highest BCUT2D eigenvalue weighted by Gasteiger charge is 2.33. The van der Waals surface area contributed by atoms with Gasteiger partial charge in [0.05, 0.1) is 11.8 Å². The third-order valence-corrected chi connectivity index (χ3v) is 3.89. The van der Waals surface area contributed by atoms with Crippen LogP contribution in [0.25, 0.3) is 0 Å². The molecule has 2 aromatic rings. The van der Waals surface area contributed by atoms with Crippen molar-refractivity contribution >= 4 is 5.78 Å². The topological polar surface area (TPSA) is 60.2 Å². The molecule has 2 aromatic carbocycles. The van der Waals surface area contributed by atoms with E-state index in [1.54, 1.807) is 31.2 Å². The van der Waals surface area contributed by atoms with Crippen LogP contribution in [0.3, 0.4) is 0 Å². The number of hydrogen-bond acceptors (Lipinski definition) is 3. The molecule has 0 saturated carbocycles. The molecule has 0 N–H and O–H groups in total. The van der Waals surface area contributed by atoms with Gasteiger partial charge in [0.2, 0.25) is 12.3 Å². The first kappa shape index (κ1) is 18.2. The number of carbonyl (C=O) groups is 1. The van der Waals surface area contributed by atoms with Gasteiger partial charge in [-0.3, -0.25) is 14.9 Å². The zero-order valence-electron chi connectivity index (χ0n) is 14.0. The van der Waals surface area contributed by atoms with Crippen LogP contribution in [0.2, 0.25) is 0 Å². The van der Waals surface area contributed by atoms with Crippen LogP contribution in [0.5, 0.6) is 0 Å². The van der Waals surface area contributed by atoms with E-state index < -0.39 is 16.8 Å². The van der Waals surface area contributed by atoms with Crippen molar-refractivity contribution in [2.75, 3.05) is 6.54 Å². The SMILES string of the molecule is C=C(C)[C@H](C(=O)C#Cc1ccccc1)[C@H](C[N+](=O)[O-])c1ccccc1. The summed E-state index contributed by atoms with van der Waals surface area (Å²) in [7, 11) is 0. The third kappa shape index (κ3) is 5.15. The molecule has 0 aromatic heterocycles. The van der Waals surface area contributed by atoms with Crippen LogP contribution >= 0.6 is 0 Å². The van der Waals surface area contributed by atoms with Gasteiger partial charge in [-0.25, -0.2) is 0 Å². The Morgan fingerprint density at radius 3 is 2.20 bits per heavy atom. The van der Waals surface area contributed by atoms with Gasteiger partial charge in [0.15, 0.2) is 0 Å². The second-order valence-electron chi connectivity index (χ2n) is 5.84. The van der Waals surface area contributed by atoms with Gasteiger partial charge in [0.25, 0.3) is 0 Å². The molecule has 0 unspecified atom stereocenters. The van der Waals surface area contributed by atoms with Gasteiger partial charge in [-0.2, -0.15) is 0 Å². The molecule has 0 heterocycles. The molecule has 0 bridgehead atoms. The lowest BCUT2D eigenvalue weighted by molar-refractivity contribution is -0.484. The van der Waals surface area contributed by atoms with Crippen LogP contribution in [-0.2, 0) is 4.79 Å². The van der Waals surface area contributed by atoms with Gasteiger partial charge in [-0.15, -0.1) is 0 Å². The fourth-order valence-corrected chi connectivity index (χ4v) is 2.75. The first-order chi connectivity index (χ1) is 12.0. The van der Waals surface area contributed by atoms with Crippen molar-refractivity contribution < 1.29 is 9.72 Å². The Bertz CT molecular complexity index is 816. The minimum atomic E-state index is -0.719. The molecule has 126 valence electrons. The smallest absolute Gasteiger partial charge is 0.213 e. The number of nitro groups is 1. The molecule has 4 heteroatoms. The van der Waals surface area contributed by atoms with E-state index in [1.165, 1.54) is 0 Å². The van der Waals surface area contributed by atoms with Crippen molar-refractivity contribution in [3.8, 4) is 11.8 Å². The summed E-state index contributed by atoms with van der Waals surface area (Å²) >= 11 is 0. The molecule has 0 fully saturated rings.